The third-order valence-electron chi connectivity index (χ3n) is 2.19. The number of hydrogen-bond donors (Lipinski definition) is 2. The molecule has 0 saturated carbocycles. The number of primary amides is 1. The molecule has 6 heteroatoms. The number of hydrogen-bond acceptors (Lipinski definition) is 4. The van der Waals surface area contributed by atoms with E-state index in [1.807, 2.05) is 0 Å². The van der Waals surface area contributed by atoms with E-state index in [9.17, 15) is 9.59 Å². The van der Waals surface area contributed by atoms with Gasteiger partial charge in [-0.25, -0.2) is 0 Å². The predicted octanol–water partition coefficient (Wildman–Crippen LogP) is 0.273. The molecule has 0 heterocycles. The summed E-state index contributed by atoms with van der Waals surface area (Å²) in [6, 6.07) is 6.54. The summed E-state index contributed by atoms with van der Waals surface area (Å²) >= 11 is 0. The average Bonchev–Trinajstić information content (AvgIpc) is 2.38. The molecule has 98 valence electrons. The minimum Gasteiger partial charge on any atom is -0.497 e. The Morgan fingerprint density at radius 1 is 1.44 bits per heavy atom. The Balaban J connectivity index is 2.76. The van der Waals surface area contributed by atoms with Crippen LogP contribution in [0.4, 0.5) is 0 Å². The van der Waals surface area contributed by atoms with Crippen LogP contribution in [0.5, 0.6) is 5.75 Å². The van der Waals surface area contributed by atoms with Crippen LogP contribution in [0.25, 0.3) is 0 Å². The molecule has 0 aliphatic rings. The zero-order valence-corrected chi connectivity index (χ0v) is 10.3. The first kappa shape index (κ1) is 14.0. The lowest BCUT2D eigenvalue weighted by Crippen LogP contribution is -2.46. The number of benzene rings is 1. The standard InChI is InChI=1S/C12H16N2O4/c1-3-18-12(10(13)15)14-11(16)8-5-4-6-9(7-8)17-2/h4-7,12H,3H2,1-2H3,(H2,13,15)(H,14,16). The van der Waals surface area contributed by atoms with Crippen LogP contribution in [-0.4, -0.2) is 31.8 Å². The zero-order chi connectivity index (χ0) is 13.5. The van der Waals surface area contributed by atoms with Crippen LogP contribution in [0.2, 0.25) is 0 Å². The number of amides is 2. The third-order valence-corrected chi connectivity index (χ3v) is 2.19. The Bertz CT molecular complexity index is 434. The van der Waals surface area contributed by atoms with Crippen LogP contribution in [0.3, 0.4) is 0 Å². The molecule has 0 radical (unpaired) electrons. The summed E-state index contributed by atoms with van der Waals surface area (Å²) in [5.74, 6) is -0.645. The molecular formula is C12H16N2O4. The second kappa shape index (κ2) is 6.61. The highest BCUT2D eigenvalue weighted by Crippen LogP contribution is 2.12. The summed E-state index contributed by atoms with van der Waals surface area (Å²) in [5.41, 5.74) is 5.46. The van der Waals surface area contributed by atoms with Crippen LogP contribution < -0.4 is 15.8 Å². The number of ether oxygens (including phenoxy) is 2. The highest BCUT2D eigenvalue weighted by atomic mass is 16.5. The highest BCUT2D eigenvalue weighted by Gasteiger charge is 2.18. The van der Waals surface area contributed by atoms with Gasteiger partial charge in [0, 0.05) is 12.2 Å². The van der Waals surface area contributed by atoms with Crippen molar-refractivity contribution in [2.75, 3.05) is 13.7 Å². The van der Waals surface area contributed by atoms with Crippen molar-refractivity contribution in [1.82, 2.24) is 5.32 Å². The lowest BCUT2D eigenvalue weighted by molar-refractivity contribution is -0.130. The maximum Gasteiger partial charge on any atom is 0.267 e. The molecule has 0 spiro atoms. The summed E-state index contributed by atoms with van der Waals surface area (Å²) in [7, 11) is 1.50. The number of methoxy groups -OCH3 is 1. The molecule has 1 rings (SSSR count). The SMILES string of the molecule is CCOC(NC(=O)c1cccc(OC)c1)C(N)=O. The van der Waals surface area contributed by atoms with E-state index >= 15 is 0 Å². The Labute approximate surface area is 105 Å². The fourth-order valence-corrected chi connectivity index (χ4v) is 1.33. The van der Waals surface area contributed by atoms with Gasteiger partial charge in [0.1, 0.15) is 5.75 Å². The Morgan fingerprint density at radius 2 is 2.17 bits per heavy atom. The maximum absolute atomic E-state index is 11.8. The normalized spacial score (nSPS) is 11.7. The molecular weight excluding hydrogens is 236 g/mol. The maximum atomic E-state index is 11.8. The van der Waals surface area contributed by atoms with E-state index in [-0.39, 0.29) is 6.61 Å². The van der Waals surface area contributed by atoms with E-state index in [0.717, 1.165) is 0 Å². The average molecular weight is 252 g/mol. The van der Waals surface area contributed by atoms with E-state index < -0.39 is 18.0 Å². The molecule has 3 N–H and O–H groups in total. The smallest absolute Gasteiger partial charge is 0.267 e. The van der Waals surface area contributed by atoms with Crippen molar-refractivity contribution in [1.29, 1.82) is 0 Å². The summed E-state index contributed by atoms with van der Waals surface area (Å²) in [6.45, 7) is 1.97. The van der Waals surface area contributed by atoms with Gasteiger partial charge in [-0.15, -0.1) is 0 Å². The molecule has 0 fully saturated rings. The van der Waals surface area contributed by atoms with Crippen molar-refractivity contribution in [3.63, 3.8) is 0 Å². The minimum atomic E-state index is -1.13. The van der Waals surface area contributed by atoms with Crippen molar-refractivity contribution in [3.05, 3.63) is 29.8 Å². The predicted molar refractivity (Wildman–Crippen MR) is 65.1 cm³/mol. The van der Waals surface area contributed by atoms with Crippen LogP contribution in [0.15, 0.2) is 24.3 Å². The molecule has 6 nitrogen and oxygen atoms in total. The second-order valence-electron chi connectivity index (χ2n) is 3.44. The van der Waals surface area contributed by atoms with Gasteiger partial charge in [0.25, 0.3) is 11.8 Å². The van der Waals surface area contributed by atoms with Crippen molar-refractivity contribution in [3.8, 4) is 5.75 Å². The molecule has 0 bridgehead atoms. The van der Waals surface area contributed by atoms with Gasteiger partial charge < -0.3 is 20.5 Å². The van der Waals surface area contributed by atoms with Gasteiger partial charge in [0.2, 0.25) is 6.23 Å². The van der Waals surface area contributed by atoms with E-state index in [1.54, 1.807) is 31.2 Å². The van der Waals surface area contributed by atoms with Crippen LogP contribution in [0, 0.1) is 0 Å². The minimum absolute atomic E-state index is 0.270. The van der Waals surface area contributed by atoms with Crippen molar-refractivity contribution >= 4 is 11.8 Å². The van der Waals surface area contributed by atoms with Gasteiger partial charge in [0.15, 0.2) is 0 Å². The van der Waals surface area contributed by atoms with Crippen LogP contribution >= 0.6 is 0 Å². The van der Waals surface area contributed by atoms with Gasteiger partial charge in [0.05, 0.1) is 7.11 Å². The van der Waals surface area contributed by atoms with E-state index in [2.05, 4.69) is 5.32 Å². The largest absolute Gasteiger partial charge is 0.497 e. The van der Waals surface area contributed by atoms with E-state index in [4.69, 9.17) is 15.2 Å². The number of carbonyl (C=O) groups excluding carboxylic acids is 2. The lowest BCUT2D eigenvalue weighted by atomic mass is 10.2. The molecule has 0 saturated heterocycles. The quantitative estimate of drug-likeness (QED) is 0.711. The van der Waals surface area contributed by atoms with Crippen LogP contribution in [0.1, 0.15) is 17.3 Å². The third kappa shape index (κ3) is 3.74. The first-order chi connectivity index (χ1) is 8.58. The topological polar surface area (TPSA) is 90.7 Å². The summed E-state index contributed by atoms with van der Waals surface area (Å²) in [5, 5.41) is 2.39. The van der Waals surface area contributed by atoms with Crippen molar-refractivity contribution < 1.29 is 19.1 Å². The van der Waals surface area contributed by atoms with Crippen molar-refractivity contribution in [2.45, 2.75) is 13.2 Å². The molecule has 1 atom stereocenters. The first-order valence-electron chi connectivity index (χ1n) is 5.44. The summed E-state index contributed by atoms with van der Waals surface area (Å²) in [6.07, 6.45) is -1.13. The fraction of sp³-hybridized carbons (Fsp3) is 0.333. The van der Waals surface area contributed by atoms with Gasteiger partial charge in [-0.3, -0.25) is 9.59 Å². The molecule has 18 heavy (non-hydrogen) atoms. The van der Waals surface area contributed by atoms with Gasteiger partial charge in [-0.2, -0.15) is 0 Å². The molecule has 0 aliphatic heterocycles. The van der Waals surface area contributed by atoms with Crippen LogP contribution in [-0.2, 0) is 9.53 Å². The van der Waals surface area contributed by atoms with Gasteiger partial charge >= 0.3 is 0 Å². The van der Waals surface area contributed by atoms with E-state index in [1.165, 1.54) is 7.11 Å². The Hall–Kier alpha value is -2.08. The molecule has 1 aromatic carbocycles. The number of nitrogens with two attached hydrogens (primary N) is 1. The van der Waals surface area contributed by atoms with Gasteiger partial charge in [-0.1, -0.05) is 6.07 Å². The fourth-order valence-electron chi connectivity index (χ4n) is 1.33. The first-order valence-corrected chi connectivity index (χ1v) is 5.44. The molecule has 0 aliphatic carbocycles. The highest BCUT2D eigenvalue weighted by molar-refractivity contribution is 5.97. The molecule has 1 unspecified atom stereocenters. The van der Waals surface area contributed by atoms with E-state index in [0.29, 0.717) is 11.3 Å². The number of rotatable bonds is 6. The number of carbonyl (C=O) groups is 2. The lowest BCUT2D eigenvalue weighted by Gasteiger charge is -2.15. The molecule has 0 aromatic heterocycles. The monoisotopic (exact) mass is 252 g/mol. The zero-order valence-electron chi connectivity index (χ0n) is 10.3. The summed E-state index contributed by atoms with van der Waals surface area (Å²) in [4.78, 5) is 22.9. The Morgan fingerprint density at radius 3 is 2.72 bits per heavy atom. The second-order valence-corrected chi connectivity index (χ2v) is 3.44. The van der Waals surface area contributed by atoms with Crippen molar-refractivity contribution in [2.24, 2.45) is 5.73 Å². The van der Waals surface area contributed by atoms with Gasteiger partial charge in [-0.05, 0) is 25.1 Å². The Kier molecular flexibility index (Phi) is 5.13. The summed E-state index contributed by atoms with van der Waals surface area (Å²) < 4.78 is 10.0. The molecule has 1 aromatic rings. The molecule has 2 amide bonds. The number of nitrogens with one attached hydrogen (secondary N) is 1.